The maximum atomic E-state index is 12.2. The van der Waals surface area contributed by atoms with E-state index in [1.165, 1.54) is 13.0 Å². The van der Waals surface area contributed by atoms with E-state index in [0.717, 1.165) is 25.9 Å². The van der Waals surface area contributed by atoms with E-state index in [-0.39, 0.29) is 5.92 Å². The average molecular weight is 250 g/mol. The van der Waals surface area contributed by atoms with Crippen LogP contribution in [0.15, 0.2) is 12.2 Å². The van der Waals surface area contributed by atoms with Crippen LogP contribution in [0.4, 0.5) is 0 Å². The molecule has 1 amide bonds. The van der Waals surface area contributed by atoms with Gasteiger partial charge >= 0.3 is 0 Å². The minimum absolute atomic E-state index is 0.220. The Kier molecular flexibility index (Phi) is 4.44. The largest absolute Gasteiger partial charge is 0.345 e. The van der Waals surface area contributed by atoms with Crippen molar-refractivity contribution in [2.45, 2.75) is 39.2 Å². The van der Waals surface area contributed by atoms with E-state index >= 15 is 0 Å². The molecule has 0 N–H and O–H groups in total. The van der Waals surface area contributed by atoms with Gasteiger partial charge in [0.05, 0.1) is 0 Å². The van der Waals surface area contributed by atoms with Crippen LogP contribution in [-0.2, 0) is 4.79 Å². The minimum atomic E-state index is 0.220. The molecule has 0 saturated carbocycles. The first-order chi connectivity index (χ1) is 8.58. The molecule has 0 aromatic heterocycles. The zero-order chi connectivity index (χ0) is 13.1. The molecule has 1 atom stereocenters. The predicted octanol–water partition coefficient (Wildman–Crippen LogP) is 2.14. The Bertz CT molecular complexity index is 316. The fourth-order valence-electron chi connectivity index (χ4n) is 3.09. The van der Waals surface area contributed by atoms with Crippen LogP contribution in [0.2, 0.25) is 0 Å². The van der Waals surface area contributed by atoms with Gasteiger partial charge in [-0.05, 0) is 45.6 Å². The van der Waals surface area contributed by atoms with E-state index in [1.807, 2.05) is 11.9 Å². The van der Waals surface area contributed by atoms with Crippen molar-refractivity contribution in [2.24, 2.45) is 11.8 Å². The molecule has 2 aliphatic rings. The Balaban J connectivity index is 1.77. The molecule has 3 heteroatoms. The summed E-state index contributed by atoms with van der Waals surface area (Å²) in [4.78, 5) is 16.7. The second kappa shape index (κ2) is 5.87. The maximum Gasteiger partial charge on any atom is 0.226 e. The van der Waals surface area contributed by atoms with E-state index in [0.29, 0.717) is 17.9 Å². The molecule has 3 nitrogen and oxygen atoms in total. The Morgan fingerprint density at radius 1 is 1.39 bits per heavy atom. The number of nitrogens with zero attached hydrogens (tertiary/aromatic N) is 2. The third-order valence-corrected chi connectivity index (χ3v) is 4.31. The highest BCUT2D eigenvalue weighted by atomic mass is 16.2. The minimum Gasteiger partial charge on any atom is -0.345 e. The molecule has 0 aromatic rings. The van der Waals surface area contributed by atoms with Crippen molar-refractivity contribution < 1.29 is 4.79 Å². The summed E-state index contributed by atoms with van der Waals surface area (Å²) in [5.74, 6) is 1.22. The summed E-state index contributed by atoms with van der Waals surface area (Å²) >= 11 is 0. The van der Waals surface area contributed by atoms with Crippen molar-refractivity contribution in [1.82, 2.24) is 9.80 Å². The third kappa shape index (κ3) is 3.14. The first-order valence-corrected chi connectivity index (χ1v) is 7.22. The summed E-state index contributed by atoms with van der Waals surface area (Å²) in [6, 6.07) is 0.634. The zero-order valence-corrected chi connectivity index (χ0v) is 11.9. The fourth-order valence-corrected chi connectivity index (χ4v) is 3.09. The summed E-state index contributed by atoms with van der Waals surface area (Å²) in [6.45, 7) is 7.77. The Morgan fingerprint density at radius 3 is 2.61 bits per heavy atom. The van der Waals surface area contributed by atoms with Crippen molar-refractivity contribution in [3.05, 3.63) is 12.2 Å². The van der Waals surface area contributed by atoms with Gasteiger partial charge in [0.1, 0.15) is 0 Å². The molecule has 1 heterocycles. The van der Waals surface area contributed by atoms with Crippen LogP contribution in [0.1, 0.15) is 33.1 Å². The smallest absolute Gasteiger partial charge is 0.226 e. The number of hydrogen-bond donors (Lipinski definition) is 0. The summed E-state index contributed by atoms with van der Waals surface area (Å²) in [5.41, 5.74) is 0. The predicted molar refractivity (Wildman–Crippen MR) is 74.3 cm³/mol. The number of allylic oxidation sites excluding steroid dienone is 2. The number of hydrogen-bond acceptors (Lipinski definition) is 2. The summed E-state index contributed by atoms with van der Waals surface area (Å²) in [5, 5.41) is 0. The Labute approximate surface area is 111 Å². The van der Waals surface area contributed by atoms with E-state index in [1.54, 1.807) is 0 Å². The van der Waals surface area contributed by atoms with Gasteiger partial charge in [-0.2, -0.15) is 0 Å². The van der Waals surface area contributed by atoms with E-state index < -0.39 is 0 Å². The van der Waals surface area contributed by atoms with Crippen LogP contribution in [0.5, 0.6) is 0 Å². The lowest BCUT2D eigenvalue weighted by atomic mass is 10.0. The van der Waals surface area contributed by atoms with Gasteiger partial charge in [0.2, 0.25) is 5.91 Å². The van der Waals surface area contributed by atoms with Crippen molar-refractivity contribution in [3.63, 3.8) is 0 Å². The molecule has 0 aromatic carbocycles. The molecule has 1 unspecified atom stereocenters. The Morgan fingerprint density at radius 2 is 2.06 bits per heavy atom. The molecule has 0 bridgehead atoms. The van der Waals surface area contributed by atoms with Crippen LogP contribution in [0.3, 0.4) is 0 Å². The normalized spacial score (nSPS) is 25.2. The molecule has 2 rings (SSSR count). The highest BCUT2D eigenvalue weighted by Gasteiger charge is 2.28. The van der Waals surface area contributed by atoms with Gasteiger partial charge in [-0.3, -0.25) is 4.79 Å². The third-order valence-electron chi connectivity index (χ3n) is 4.31. The molecule has 18 heavy (non-hydrogen) atoms. The highest BCUT2D eigenvalue weighted by Crippen LogP contribution is 2.23. The van der Waals surface area contributed by atoms with Crippen molar-refractivity contribution in [3.8, 4) is 0 Å². The number of likely N-dealkylation sites (tertiary alicyclic amines) is 1. The Hall–Kier alpha value is -0.830. The average Bonchev–Trinajstić information content (AvgIpc) is 2.98. The second-order valence-electron chi connectivity index (χ2n) is 6.10. The SMILES string of the molecule is CC(C)N1CCC(CN(C)C(=O)C2CC=CC2)C1. The monoisotopic (exact) mass is 250 g/mol. The number of rotatable bonds is 4. The van der Waals surface area contributed by atoms with Crippen LogP contribution in [0, 0.1) is 11.8 Å². The quantitative estimate of drug-likeness (QED) is 0.714. The number of carbonyl (C=O) groups is 1. The fraction of sp³-hybridized carbons (Fsp3) is 0.800. The molecule has 1 aliphatic heterocycles. The molecular formula is C15H26N2O. The number of amides is 1. The first kappa shape index (κ1) is 13.6. The topological polar surface area (TPSA) is 23.6 Å². The van der Waals surface area contributed by atoms with E-state index in [4.69, 9.17) is 0 Å². The highest BCUT2D eigenvalue weighted by molar-refractivity contribution is 5.79. The van der Waals surface area contributed by atoms with Crippen LogP contribution >= 0.6 is 0 Å². The lowest BCUT2D eigenvalue weighted by Crippen LogP contribution is -2.37. The molecule has 0 radical (unpaired) electrons. The summed E-state index contributed by atoms with van der Waals surface area (Å²) < 4.78 is 0. The lowest BCUT2D eigenvalue weighted by molar-refractivity contribution is -0.134. The number of carbonyl (C=O) groups excluding carboxylic acids is 1. The molecule has 1 saturated heterocycles. The molecular weight excluding hydrogens is 224 g/mol. The van der Waals surface area contributed by atoms with Gasteiger partial charge < -0.3 is 9.80 Å². The molecule has 1 fully saturated rings. The van der Waals surface area contributed by atoms with Crippen molar-refractivity contribution >= 4 is 5.91 Å². The van der Waals surface area contributed by atoms with Gasteiger partial charge in [-0.15, -0.1) is 0 Å². The lowest BCUT2D eigenvalue weighted by Gasteiger charge is -2.25. The maximum absolute atomic E-state index is 12.2. The van der Waals surface area contributed by atoms with E-state index in [9.17, 15) is 4.79 Å². The van der Waals surface area contributed by atoms with Crippen LogP contribution in [-0.4, -0.2) is 48.4 Å². The van der Waals surface area contributed by atoms with Gasteiger partial charge in [0.15, 0.2) is 0 Å². The first-order valence-electron chi connectivity index (χ1n) is 7.22. The van der Waals surface area contributed by atoms with Crippen molar-refractivity contribution in [1.29, 1.82) is 0 Å². The zero-order valence-electron chi connectivity index (χ0n) is 11.9. The molecule has 1 aliphatic carbocycles. The van der Waals surface area contributed by atoms with Gasteiger partial charge in [-0.1, -0.05) is 12.2 Å². The van der Waals surface area contributed by atoms with Crippen LogP contribution < -0.4 is 0 Å². The summed E-state index contributed by atoms with van der Waals surface area (Å²) in [7, 11) is 1.97. The van der Waals surface area contributed by atoms with Crippen LogP contribution in [0.25, 0.3) is 0 Å². The van der Waals surface area contributed by atoms with Gasteiger partial charge in [0.25, 0.3) is 0 Å². The van der Waals surface area contributed by atoms with E-state index in [2.05, 4.69) is 30.9 Å². The molecule has 0 spiro atoms. The summed E-state index contributed by atoms with van der Waals surface area (Å²) in [6.07, 6.45) is 7.37. The second-order valence-corrected chi connectivity index (χ2v) is 6.10. The van der Waals surface area contributed by atoms with Crippen molar-refractivity contribution in [2.75, 3.05) is 26.7 Å². The molecule has 102 valence electrons. The van der Waals surface area contributed by atoms with Gasteiger partial charge in [0, 0.05) is 32.1 Å². The standard InChI is InChI=1S/C15H26N2O/c1-12(2)17-9-8-13(11-17)10-16(3)15(18)14-6-4-5-7-14/h4-5,12-14H,6-11H2,1-3H3. The van der Waals surface area contributed by atoms with Gasteiger partial charge in [-0.25, -0.2) is 0 Å².